The van der Waals surface area contributed by atoms with Crippen molar-refractivity contribution in [2.45, 2.75) is 39.2 Å². The van der Waals surface area contributed by atoms with Crippen molar-refractivity contribution in [1.82, 2.24) is 4.57 Å². The lowest BCUT2D eigenvalue weighted by Crippen LogP contribution is -2.24. The van der Waals surface area contributed by atoms with Gasteiger partial charge in [0.05, 0.1) is 0 Å². The fraction of sp³-hybridized carbons (Fsp3) is 0.615. The Morgan fingerprint density at radius 3 is 2.71 bits per heavy atom. The van der Waals surface area contributed by atoms with Crippen LogP contribution in [0.4, 0.5) is 0 Å². The van der Waals surface area contributed by atoms with Gasteiger partial charge in [-0.2, -0.15) is 0 Å². The van der Waals surface area contributed by atoms with Crippen LogP contribution in [-0.2, 0) is 0 Å². The second kappa shape index (κ2) is 5.00. The summed E-state index contributed by atoms with van der Waals surface area (Å²) in [5, 5.41) is 9.20. The first-order valence-electron chi connectivity index (χ1n) is 6.09. The smallest absolute Gasteiger partial charge is 0.352 e. The van der Waals surface area contributed by atoms with E-state index in [0.717, 1.165) is 22.3 Å². The van der Waals surface area contributed by atoms with Crippen LogP contribution in [0, 0.1) is 15.4 Å². The topological polar surface area (TPSA) is 42.2 Å². The molecule has 1 aliphatic rings. The highest BCUT2D eigenvalue weighted by Crippen LogP contribution is 2.37. The van der Waals surface area contributed by atoms with Crippen LogP contribution in [0.5, 0.6) is 0 Å². The van der Waals surface area contributed by atoms with Crippen LogP contribution in [0.15, 0.2) is 12.3 Å². The maximum Gasteiger partial charge on any atom is 0.352 e. The van der Waals surface area contributed by atoms with E-state index in [-0.39, 0.29) is 0 Å². The molecule has 0 radical (unpaired) electrons. The van der Waals surface area contributed by atoms with Crippen molar-refractivity contribution in [3.8, 4) is 0 Å². The van der Waals surface area contributed by atoms with E-state index in [4.69, 9.17) is 0 Å². The number of carboxylic acid groups (broad SMARTS) is 1. The summed E-state index contributed by atoms with van der Waals surface area (Å²) in [7, 11) is 0. The molecular weight excluding hydrogens is 329 g/mol. The molecule has 0 bridgehead atoms. The molecule has 0 amide bonds. The van der Waals surface area contributed by atoms with Crippen molar-refractivity contribution in [2.24, 2.45) is 11.8 Å². The minimum absolute atomic E-state index is 0.357. The second-order valence-corrected chi connectivity index (χ2v) is 6.42. The zero-order chi connectivity index (χ0) is 12.6. The van der Waals surface area contributed by atoms with Crippen LogP contribution in [-0.4, -0.2) is 15.6 Å². The summed E-state index contributed by atoms with van der Waals surface area (Å²) in [6.07, 6.45) is 5.35. The Balaban J connectivity index is 2.25. The molecule has 3 nitrogen and oxygen atoms in total. The van der Waals surface area contributed by atoms with Crippen LogP contribution >= 0.6 is 22.6 Å². The van der Waals surface area contributed by atoms with Gasteiger partial charge in [-0.05, 0) is 59.8 Å². The van der Waals surface area contributed by atoms with Crippen LogP contribution < -0.4 is 0 Å². The van der Waals surface area contributed by atoms with E-state index >= 15 is 0 Å². The van der Waals surface area contributed by atoms with Gasteiger partial charge in [0.15, 0.2) is 0 Å². The largest absolute Gasteiger partial charge is 0.477 e. The molecule has 94 valence electrons. The lowest BCUT2D eigenvalue weighted by Gasteiger charge is -2.33. The zero-order valence-corrected chi connectivity index (χ0v) is 12.3. The number of aromatic carboxylic acids is 1. The van der Waals surface area contributed by atoms with Crippen molar-refractivity contribution in [3.05, 3.63) is 21.5 Å². The molecule has 1 aliphatic carbocycles. The van der Waals surface area contributed by atoms with E-state index < -0.39 is 5.97 Å². The number of carbonyl (C=O) groups is 1. The summed E-state index contributed by atoms with van der Waals surface area (Å²) in [6, 6.07) is 2.11. The molecule has 3 unspecified atom stereocenters. The number of halogens is 1. The minimum atomic E-state index is -0.820. The Bertz CT molecular complexity index is 427. The van der Waals surface area contributed by atoms with Gasteiger partial charge in [-0.3, -0.25) is 0 Å². The van der Waals surface area contributed by atoms with Gasteiger partial charge in [0.1, 0.15) is 5.69 Å². The summed E-state index contributed by atoms with van der Waals surface area (Å²) >= 11 is 2.18. The predicted octanol–water partition coefficient (Wildman–Crippen LogP) is 3.79. The first-order chi connectivity index (χ1) is 7.99. The van der Waals surface area contributed by atoms with Crippen molar-refractivity contribution in [3.63, 3.8) is 0 Å². The lowest BCUT2D eigenvalue weighted by molar-refractivity contribution is 0.0678. The van der Waals surface area contributed by atoms with Crippen LogP contribution in [0.25, 0.3) is 0 Å². The zero-order valence-electron chi connectivity index (χ0n) is 10.2. The number of hydrogen-bond donors (Lipinski definition) is 1. The monoisotopic (exact) mass is 347 g/mol. The molecule has 0 saturated heterocycles. The normalized spacial score (nSPS) is 29.2. The highest BCUT2D eigenvalue weighted by atomic mass is 127. The molecule has 1 fully saturated rings. The maximum atomic E-state index is 11.2. The Kier molecular flexibility index (Phi) is 3.80. The molecule has 0 aromatic carbocycles. The number of rotatable bonds is 2. The first kappa shape index (κ1) is 12.9. The molecular formula is C13H18INO2. The molecule has 1 heterocycles. The lowest BCUT2D eigenvalue weighted by atomic mass is 9.79. The summed E-state index contributed by atoms with van der Waals surface area (Å²) in [5.41, 5.74) is 0.432. The minimum Gasteiger partial charge on any atom is -0.477 e. The standard InChI is InChI=1S/C13H18INO2/c1-8-3-4-11(5-9(8)2)15-7-10(14)6-12(15)13(16)17/h6-9,11H,3-5H2,1-2H3,(H,16,17). The fourth-order valence-corrected chi connectivity index (χ4v) is 3.29. The van der Waals surface area contributed by atoms with Crippen molar-refractivity contribution in [2.75, 3.05) is 0 Å². The molecule has 4 heteroatoms. The number of nitrogens with zero attached hydrogens (tertiary/aromatic N) is 1. The van der Waals surface area contributed by atoms with E-state index in [1.807, 2.05) is 10.8 Å². The van der Waals surface area contributed by atoms with Gasteiger partial charge in [-0.1, -0.05) is 13.8 Å². The molecule has 3 atom stereocenters. The molecule has 1 aromatic heterocycles. The van der Waals surface area contributed by atoms with E-state index in [9.17, 15) is 9.90 Å². The Labute approximate surface area is 115 Å². The SMILES string of the molecule is CC1CCC(n2cc(I)cc2C(=O)O)CC1C. The predicted molar refractivity (Wildman–Crippen MR) is 75.3 cm³/mol. The van der Waals surface area contributed by atoms with E-state index in [1.165, 1.54) is 6.42 Å². The summed E-state index contributed by atoms with van der Waals surface area (Å²) in [5.74, 6) is 0.615. The molecule has 0 aliphatic heterocycles. The van der Waals surface area contributed by atoms with Gasteiger partial charge in [0, 0.05) is 15.8 Å². The second-order valence-electron chi connectivity index (χ2n) is 5.18. The maximum absolute atomic E-state index is 11.2. The Morgan fingerprint density at radius 2 is 2.12 bits per heavy atom. The van der Waals surface area contributed by atoms with E-state index in [0.29, 0.717) is 17.7 Å². The van der Waals surface area contributed by atoms with Crippen molar-refractivity contribution < 1.29 is 9.90 Å². The van der Waals surface area contributed by atoms with Gasteiger partial charge in [-0.15, -0.1) is 0 Å². The third kappa shape index (κ3) is 2.67. The molecule has 1 saturated carbocycles. The van der Waals surface area contributed by atoms with Crippen LogP contribution in [0.3, 0.4) is 0 Å². The number of carboxylic acids is 1. The molecule has 17 heavy (non-hydrogen) atoms. The molecule has 0 spiro atoms. The molecule has 2 rings (SSSR count). The third-order valence-electron chi connectivity index (χ3n) is 4.00. The highest BCUT2D eigenvalue weighted by molar-refractivity contribution is 14.1. The summed E-state index contributed by atoms with van der Waals surface area (Å²) in [4.78, 5) is 11.2. The van der Waals surface area contributed by atoms with Gasteiger partial charge in [-0.25, -0.2) is 4.79 Å². The summed E-state index contributed by atoms with van der Waals surface area (Å²) in [6.45, 7) is 4.56. The van der Waals surface area contributed by atoms with Gasteiger partial charge in [0.2, 0.25) is 0 Å². The Hall–Kier alpha value is -0.520. The van der Waals surface area contributed by atoms with Crippen molar-refractivity contribution in [1.29, 1.82) is 0 Å². The highest BCUT2D eigenvalue weighted by Gasteiger charge is 2.27. The Morgan fingerprint density at radius 1 is 1.41 bits per heavy atom. The van der Waals surface area contributed by atoms with Crippen LogP contribution in [0.1, 0.15) is 49.6 Å². The first-order valence-corrected chi connectivity index (χ1v) is 7.17. The average molecular weight is 347 g/mol. The van der Waals surface area contributed by atoms with Gasteiger partial charge >= 0.3 is 5.97 Å². The number of aromatic nitrogens is 1. The quantitative estimate of drug-likeness (QED) is 0.828. The average Bonchev–Trinajstić information content (AvgIpc) is 2.64. The summed E-state index contributed by atoms with van der Waals surface area (Å²) < 4.78 is 2.97. The molecule has 1 N–H and O–H groups in total. The van der Waals surface area contributed by atoms with Crippen LogP contribution in [0.2, 0.25) is 0 Å². The van der Waals surface area contributed by atoms with E-state index in [2.05, 4.69) is 36.4 Å². The van der Waals surface area contributed by atoms with E-state index in [1.54, 1.807) is 6.07 Å². The van der Waals surface area contributed by atoms with Gasteiger partial charge in [0.25, 0.3) is 0 Å². The fourth-order valence-electron chi connectivity index (χ4n) is 2.69. The third-order valence-corrected chi connectivity index (χ3v) is 4.59. The van der Waals surface area contributed by atoms with Gasteiger partial charge < -0.3 is 9.67 Å². The molecule has 1 aromatic rings. The van der Waals surface area contributed by atoms with Crippen molar-refractivity contribution >= 4 is 28.6 Å². The number of hydrogen-bond acceptors (Lipinski definition) is 1.